The Kier molecular flexibility index (Phi) is 5.16. The van der Waals surface area contributed by atoms with E-state index in [-0.39, 0.29) is 17.2 Å². The molecule has 18 heavy (non-hydrogen) atoms. The molecular weight excluding hydrogens is 274 g/mol. The first-order valence-electron chi connectivity index (χ1n) is 5.64. The van der Waals surface area contributed by atoms with Crippen LogP contribution in [0.2, 0.25) is 5.02 Å². The van der Waals surface area contributed by atoms with E-state index in [0.29, 0.717) is 5.02 Å². The Bertz CT molecular complexity index is 528. The molecule has 0 bridgehead atoms. The molecule has 1 aromatic carbocycles. The zero-order valence-electron chi connectivity index (χ0n) is 10.3. The minimum Gasteiger partial charge on any atom is -0.268 e. The lowest BCUT2D eigenvalue weighted by Gasteiger charge is -2.10. The number of rotatable bonds is 5. The van der Waals surface area contributed by atoms with Crippen molar-refractivity contribution in [3.8, 4) is 0 Å². The van der Waals surface area contributed by atoms with Gasteiger partial charge in [0.25, 0.3) is 5.91 Å². The first kappa shape index (κ1) is 15.0. The second-order valence-electron chi connectivity index (χ2n) is 4.24. The smallest absolute Gasteiger partial charge is 0.264 e. The Morgan fingerprint density at radius 3 is 2.67 bits per heavy atom. The van der Waals surface area contributed by atoms with E-state index in [9.17, 15) is 13.2 Å². The maximum atomic E-state index is 11.7. The van der Waals surface area contributed by atoms with E-state index in [2.05, 4.69) is 0 Å². The summed E-state index contributed by atoms with van der Waals surface area (Å²) in [7, 11) is -3.60. The minimum absolute atomic E-state index is 0.00895. The Morgan fingerprint density at radius 1 is 1.44 bits per heavy atom. The maximum Gasteiger partial charge on any atom is 0.264 e. The highest BCUT2D eigenvalue weighted by Gasteiger charge is 2.18. The Labute approximate surface area is 112 Å². The van der Waals surface area contributed by atoms with Gasteiger partial charge in [0.1, 0.15) is 0 Å². The fourth-order valence-corrected chi connectivity index (χ4v) is 3.02. The monoisotopic (exact) mass is 289 g/mol. The van der Waals surface area contributed by atoms with Crippen molar-refractivity contribution >= 4 is 27.5 Å². The highest BCUT2D eigenvalue weighted by Crippen LogP contribution is 2.11. The van der Waals surface area contributed by atoms with Gasteiger partial charge in [-0.15, -0.1) is 0 Å². The van der Waals surface area contributed by atoms with Gasteiger partial charge in [0, 0.05) is 10.6 Å². The van der Waals surface area contributed by atoms with Gasteiger partial charge in [-0.25, -0.2) is 13.1 Å². The molecule has 6 heteroatoms. The molecule has 1 aromatic rings. The van der Waals surface area contributed by atoms with Crippen LogP contribution in [0.5, 0.6) is 0 Å². The molecule has 0 heterocycles. The van der Waals surface area contributed by atoms with Crippen LogP contribution in [0.3, 0.4) is 0 Å². The molecule has 0 saturated heterocycles. The Hall–Kier alpha value is -1.07. The molecule has 1 N–H and O–H groups in total. The van der Waals surface area contributed by atoms with Crippen LogP contribution < -0.4 is 4.72 Å². The summed E-state index contributed by atoms with van der Waals surface area (Å²) in [6, 6.07) is 6.15. The number of sulfonamides is 1. The molecular formula is C12H16ClNO3S. The van der Waals surface area contributed by atoms with Crippen LogP contribution in [0.15, 0.2) is 24.3 Å². The molecule has 0 aliphatic heterocycles. The van der Waals surface area contributed by atoms with E-state index in [0.717, 1.165) is 6.42 Å². The molecule has 0 aliphatic carbocycles. The number of hydrogen-bond donors (Lipinski definition) is 1. The van der Waals surface area contributed by atoms with Crippen molar-refractivity contribution in [2.75, 3.05) is 5.75 Å². The maximum absolute atomic E-state index is 11.7. The average molecular weight is 290 g/mol. The molecule has 1 atom stereocenters. The second-order valence-corrected chi connectivity index (χ2v) is 6.44. The molecule has 4 nitrogen and oxygen atoms in total. The van der Waals surface area contributed by atoms with Crippen LogP contribution >= 0.6 is 11.6 Å². The van der Waals surface area contributed by atoms with Gasteiger partial charge in [-0.2, -0.15) is 0 Å². The van der Waals surface area contributed by atoms with Gasteiger partial charge < -0.3 is 0 Å². The normalized spacial score (nSPS) is 13.1. The van der Waals surface area contributed by atoms with Gasteiger partial charge in [-0.3, -0.25) is 4.79 Å². The molecule has 0 radical (unpaired) electrons. The Morgan fingerprint density at radius 2 is 2.11 bits per heavy atom. The lowest BCUT2D eigenvalue weighted by atomic mass is 10.2. The molecule has 0 aliphatic rings. The predicted octanol–water partition coefficient (Wildman–Crippen LogP) is 2.45. The summed E-state index contributed by atoms with van der Waals surface area (Å²) >= 11 is 5.74. The quantitative estimate of drug-likeness (QED) is 0.905. The molecule has 100 valence electrons. The second kappa shape index (κ2) is 6.20. The summed E-state index contributed by atoms with van der Waals surface area (Å²) in [6.07, 6.45) is 0.742. The summed E-state index contributed by atoms with van der Waals surface area (Å²) in [4.78, 5) is 11.7. The molecule has 0 aromatic heterocycles. The number of hydrogen-bond acceptors (Lipinski definition) is 3. The van der Waals surface area contributed by atoms with Crippen molar-refractivity contribution in [3.05, 3.63) is 34.9 Å². The zero-order valence-corrected chi connectivity index (χ0v) is 11.9. The minimum atomic E-state index is -3.60. The van der Waals surface area contributed by atoms with Crippen molar-refractivity contribution in [1.29, 1.82) is 0 Å². The molecule has 1 rings (SSSR count). The van der Waals surface area contributed by atoms with Gasteiger partial charge in [-0.05, 0) is 24.1 Å². The molecule has 0 saturated carbocycles. The van der Waals surface area contributed by atoms with Crippen molar-refractivity contribution < 1.29 is 13.2 Å². The van der Waals surface area contributed by atoms with Gasteiger partial charge in [0.15, 0.2) is 0 Å². The number of carbonyl (C=O) groups excluding carboxylic acids is 1. The summed E-state index contributed by atoms with van der Waals surface area (Å²) in [5.41, 5.74) is 0.232. The fourth-order valence-electron chi connectivity index (χ4n) is 1.36. The summed E-state index contributed by atoms with van der Waals surface area (Å²) in [5.74, 6) is -0.703. The van der Waals surface area contributed by atoms with Crippen molar-refractivity contribution in [3.63, 3.8) is 0 Å². The van der Waals surface area contributed by atoms with E-state index in [1.165, 1.54) is 12.1 Å². The van der Waals surface area contributed by atoms with Crippen LogP contribution in [-0.2, 0) is 10.0 Å². The summed E-state index contributed by atoms with van der Waals surface area (Å²) in [5, 5.41) is 0.391. The zero-order chi connectivity index (χ0) is 13.8. The van der Waals surface area contributed by atoms with Gasteiger partial charge >= 0.3 is 0 Å². The lowest BCUT2D eigenvalue weighted by Crippen LogP contribution is -2.34. The highest BCUT2D eigenvalue weighted by molar-refractivity contribution is 7.90. The highest BCUT2D eigenvalue weighted by atomic mass is 35.5. The van der Waals surface area contributed by atoms with Crippen molar-refractivity contribution in [2.24, 2.45) is 5.92 Å². The Balaban J connectivity index is 2.76. The topological polar surface area (TPSA) is 63.2 Å². The lowest BCUT2D eigenvalue weighted by molar-refractivity contribution is 0.0981. The van der Waals surface area contributed by atoms with E-state index in [1.807, 2.05) is 18.6 Å². The standard InChI is InChI=1S/C12H16ClNO3S/c1-3-9(2)8-18(16,17)14-12(15)10-5-4-6-11(13)7-10/h4-7,9H,3,8H2,1-2H3,(H,14,15). The van der Waals surface area contributed by atoms with E-state index in [1.54, 1.807) is 12.1 Å². The van der Waals surface area contributed by atoms with E-state index < -0.39 is 15.9 Å². The van der Waals surface area contributed by atoms with Crippen molar-refractivity contribution in [1.82, 2.24) is 4.72 Å². The molecule has 1 amide bonds. The van der Waals surface area contributed by atoms with Gasteiger partial charge in [0.05, 0.1) is 5.75 Å². The average Bonchev–Trinajstić information content (AvgIpc) is 2.27. The van der Waals surface area contributed by atoms with Crippen LogP contribution in [0.4, 0.5) is 0 Å². The third kappa shape index (κ3) is 4.66. The van der Waals surface area contributed by atoms with Crippen LogP contribution in [0.1, 0.15) is 30.6 Å². The fraction of sp³-hybridized carbons (Fsp3) is 0.417. The molecule has 0 spiro atoms. The number of halogens is 1. The largest absolute Gasteiger partial charge is 0.268 e. The molecule has 1 unspecified atom stereocenters. The number of carbonyl (C=O) groups is 1. The van der Waals surface area contributed by atoms with E-state index >= 15 is 0 Å². The third-order valence-electron chi connectivity index (χ3n) is 2.54. The third-order valence-corrected chi connectivity index (χ3v) is 4.28. The summed E-state index contributed by atoms with van der Waals surface area (Å²) < 4.78 is 25.4. The SMILES string of the molecule is CCC(C)CS(=O)(=O)NC(=O)c1cccc(Cl)c1. The first-order chi connectivity index (χ1) is 8.34. The van der Waals surface area contributed by atoms with Gasteiger partial charge in [-0.1, -0.05) is 37.9 Å². The molecule has 0 fully saturated rings. The number of amides is 1. The van der Waals surface area contributed by atoms with Crippen LogP contribution in [-0.4, -0.2) is 20.1 Å². The van der Waals surface area contributed by atoms with Gasteiger partial charge in [0.2, 0.25) is 10.0 Å². The number of nitrogens with one attached hydrogen (secondary N) is 1. The van der Waals surface area contributed by atoms with Crippen LogP contribution in [0.25, 0.3) is 0 Å². The predicted molar refractivity (Wildman–Crippen MR) is 72.2 cm³/mol. The number of benzene rings is 1. The van der Waals surface area contributed by atoms with Crippen LogP contribution in [0, 0.1) is 5.92 Å². The van der Waals surface area contributed by atoms with Crippen molar-refractivity contribution in [2.45, 2.75) is 20.3 Å². The first-order valence-corrected chi connectivity index (χ1v) is 7.67. The van der Waals surface area contributed by atoms with E-state index in [4.69, 9.17) is 11.6 Å². The summed E-state index contributed by atoms with van der Waals surface area (Å²) in [6.45, 7) is 3.72.